The first-order valence-corrected chi connectivity index (χ1v) is 6.32. The zero-order valence-corrected chi connectivity index (χ0v) is 10.1. The summed E-state index contributed by atoms with van der Waals surface area (Å²) in [4.78, 5) is 16.9. The molecule has 0 bridgehead atoms. The molecule has 1 aromatic carbocycles. The van der Waals surface area contributed by atoms with E-state index in [0.717, 1.165) is 29.3 Å². The van der Waals surface area contributed by atoms with Crippen LogP contribution in [0.5, 0.6) is 0 Å². The van der Waals surface area contributed by atoms with Crippen molar-refractivity contribution in [1.82, 2.24) is 4.98 Å². The summed E-state index contributed by atoms with van der Waals surface area (Å²) in [5.41, 5.74) is 1.57. The van der Waals surface area contributed by atoms with Crippen molar-refractivity contribution in [3.8, 4) is 0 Å². The molecule has 92 valence electrons. The van der Waals surface area contributed by atoms with Gasteiger partial charge in [-0.1, -0.05) is 18.2 Å². The topological polar surface area (TPSA) is 39.2 Å². The molecule has 1 aliphatic rings. The Hall–Kier alpha value is -1.74. The molecule has 0 spiro atoms. The molecule has 2 heterocycles. The summed E-state index contributed by atoms with van der Waals surface area (Å²) in [6, 6.07) is 9.68. The Bertz CT molecular complexity index is 568. The maximum Gasteiger partial charge on any atom is 0.168 e. The third kappa shape index (κ3) is 2.02. The maximum atomic E-state index is 12.5. The van der Waals surface area contributed by atoms with E-state index in [0.29, 0.717) is 13.2 Å². The molecule has 1 aliphatic heterocycles. The number of nitrogens with zero attached hydrogens (tertiary/aromatic N) is 1. The fourth-order valence-corrected chi connectivity index (χ4v) is 2.48. The van der Waals surface area contributed by atoms with Crippen LogP contribution in [-0.2, 0) is 4.74 Å². The average Bonchev–Trinajstić information content (AvgIpc) is 2.47. The Labute approximate surface area is 106 Å². The van der Waals surface area contributed by atoms with E-state index >= 15 is 0 Å². The Balaban J connectivity index is 2.00. The lowest BCUT2D eigenvalue weighted by Gasteiger charge is -2.21. The van der Waals surface area contributed by atoms with Gasteiger partial charge in [-0.15, -0.1) is 0 Å². The number of rotatable bonds is 2. The highest BCUT2D eigenvalue weighted by molar-refractivity contribution is 6.07. The van der Waals surface area contributed by atoms with Crippen molar-refractivity contribution in [3.05, 3.63) is 42.1 Å². The van der Waals surface area contributed by atoms with Gasteiger partial charge in [0.2, 0.25) is 0 Å². The first-order valence-electron chi connectivity index (χ1n) is 6.32. The van der Waals surface area contributed by atoms with Crippen LogP contribution in [0.4, 0.5) is 0 Å². The summed E-state index contributed by atoms with van der Waals surface area (Å²) in [6.07, 6.45) is 3.38. The second-order valence-corrected chi connectivity index (χ2v) is 4.63. The van der Waals surface area contributed by atoms with Crippen LogP contribution in [0.2, 0.25) is 0 Å². The normalized spacial score (nSPS) is 16.9. The summed E-state index contributed by atoms with van der Waals surface area (Å²) < 4.78 is 5.31. The Morgan fingerprint density at radius 2 is 1.94 bits per heavy atom. The minimum absolute atomic E-state index is 0.0892. The first-order chi connectivity index (χ1) is 8.86. The molecule has 1 saturated heterocycles. The lowest BCUT2D eigenvalue weighted by Crippen LogP contribution is -2.23. The Kier molecular flexibility index (Phi) is 3.07. The van der Waals surface area contributed by atoms with Gasteiger partial charge in [-0.2, -0.15) is 0 Å². The van der Waals surface area contributed by atoms with Crippen molar-refractivity contribution in [2.45, 2.75) is 12.8 Å². The SMILES string of the molecule is O=C(c1cccc2cccnc12)C1CCOCC1. The Morgan fingerprint density at radius 1 is 1.17 bits per heavy atom. The van der Waals surface area contributed by atoms with Gasteiger partial charge >= 0.3 is 0 Å². The van der Waals surface area contributed by atoms with Crippen LogP contribution < -0.4 is 0 Å². The molecule has 0 aliphatic carbocycles. The minimum atomic E-state index is 0.0892. The van der Waals surface area contributed by atoms with Crippen LogP contribution >= 0.6 is 0 Å². The largest absolute Gasteiger partial charge is 0.381 e. The molecule has 3 rings (SSSR count). The quantitative estimate of drug-likeness (QED) is 0.759. The maximum absolute atomic E-state index is 12.5. The lowest BCUT2D eigenvalue weighted by molar-refractivity contribution is 0.0546. The number of hydrogen-bond donors (Lipinski definition) is 0. The van der Waals surface area contributed by atoms with Gasteiger partial charge in [0.1, 0.15) is 0 Å². The summed E-state index contributed by atoms with van der Waals surface area (Å²) in [6.45, 7) is 1.38. The highest BCUT2D eigenvalue weighted by Crippen LogP contribution is 2.24. The van der Waals surface area contributed by atoms with E-state index in [-0.39, 0.29) is 11.7 Å². The number of Topliss-reactive ketones (excluding diaryl/α,β-unsaturated/α-hetero) is 1. The van der Waals surface area contributed by atoms with E-state index in [9.17, 15) is 4.79 Å². The van der Waals surface area contributed by atoms with Gasteiger partial charge in [-0.3, -0.25) is 9.78 Å². The zero-order valence-electron chi connectivity index (χ0n) is 10.1. The molecule has 0 amide bonds. The van der Waals surface area contributed by atoms with Crippen LogP contribution in [0.25, 0.3) is 10.9 Å². The summed E-state index contributed by atoms with van der Waals surface area (Å²) in [5, 5.41) is 1.02. The Morgan fingerprint density at radius 3 is 2.78 bits per heavy atom. The van der Waals surface area contributed by atoms with Gasteiger partial charge in [-0.05, 0) is 25.0 Å². The predicted octanol–water partition coefficient (Wildman–Crippen LogP) is 2.84. The number of carbonyl (C=O) groups excluding carboxylic acids is 1. The summed E-state index contributed by atoms with van der Waals surface area (Å²) in [7, 11) is 0. The fourth-order valence-electron chi connectivity index (χ4n) is 2.48. The number of ketones is 1. The zero-order chi connectivity index (χ0) is 12.4. The number of carbonyl (C=O) groups is 1. The molecule has 2 aromatic rings. The van der Waals surface area contributed by atoms with Gasteiger partial charge in [0.15, 0.2) is 5.78 Å². The van der Waals surface area contributed by atoms with E-state index in [1.54, 1.807) is 6.20 Å². The molecule has 1 fully saturated rings. The fraction of sp³-hybridized carbons (Fsp3) is 0.333. The van der Waals surface area contributed by atoms with E-state index in [4.69, 9.17) is 4.74 Å². The lowest BCUT2D eigenvalue weighted by atomic mass is 9.90. The molecule has 1 aromatic heterocycles. The molecular formula is C15H15NO2. The summed E-state index contributed by atoms with van der Waals surface area (Å²) >= 11 is 0. The first kappa shape index (κ1) is 11.4. The van der Waals surface area contributed by atoms with Gasteiger partial charge in [0, 0.05) is 36.3 Å². The smallest absolute Gasteiger partial charge is 0.168 e. The molecule has 18 heavy (non-hydrogen) atoms. The molecule has 0 atom stereocenters. The molecule has 0 unspecified atom stereocenters. The van der Waals surface area contributed by atoms with Crippen molar-refractivity contribution < 1.29 is 9.53 Å². The van der Waals surface area contributed by atoms with Crippen LogP contribution in [0.1, 0.15) is 23.2 Å². The monoisotopic (exact) mass is 241 g/mol. The number of fused-ring (bicyclic) bond motifs is 1. The van der Waals surface area contributed by atoms with Gasteiger partial charge < -0.3 is 4.74 Å². The predicted molar refractivity (Wildman–Crippen MR) is 69.6 cm³/mol. The third-order valence-electron chi connectivity index (χ3n) is 3.49. The van der Waals surface area contributed by atoms with Gasteiger partial charge in [-0.25, -0.2) is 0 Å². The van der Waals surface area contributed by atoms with Gasteiger partial charge in [0.05, 0.1) is 5.52 Å². The molecular weight excluding hydrogens is 226 g/mol. The van der Waals surface area contributed by atoms with Crippen LogP contribution in [-0.4, -0.2) is 24.0 Å². The van der Waals surface area contributed by atoms with E-state index in [2.05, 4.69) is 4.98 Å². The highest BCUT2D eigenvalue weighted by atomic mass is 16.5. The second kappa shape index (κ2) is 4.86. The number of para-hydroxylation sites is 1. The summed E-state index contributed by atoms with van der Waals surface area (Å²) in [5.74, 6) is 0.300. The average molecular weight is 241 g/mol. The van der Waals surface area contributed by atoms with E-state index in [1.807, 2.05) is 30.3 Å². The van der Waals surface area contributed by atoms with Crippen molar-refractivity contribution in [2.75, 3.05) is 13.2 Å². The molecule has 0 radical (unpaired) electrons. The highest BCUT2D eigenvalue weighted by Gasteiger charge is 2.24. The molecule has 0 N–H and O–H groups in total. The van der Waals surface area contributed by atoms with E-state index in [1.165, 1.54) is 0 Å². The second-order valence-electron chi connectivity index (χ2n) is 4.63. The number of ether oxygens (including phenoxy) is 1. The molecule has 3 heteroatoms. The van der Waals surface area contributed by atoms with Crippen molar-refractivity contribution >= 4 is 16.7 Å². The van der Waals surface area contributed by atoms with Crippen molar-refractivity contribution in [2.24, 2.45) is 5.92 Å². The third-order valence-corrected chi connectivity index (χ3v) is 3.49. The van der Waals surface area contributed by atoms with Crippen molar-refractivity contribution in [3.63, 3.8) is 0 Å². The molecule has 0 saturated carbocycles. The molecule has 3 nitrogen and oxygen atoms in total. The van der Waals surface area contributed by atoms with Crippen LogP contribution in [0.3, 0.4) is 0 Å². The van der Waals surface area contributed by atoms with Crippen LogP contribution in [0, 0.1) is 5.92 Å². The van der Waals surface area contributed by atoms with E-state index < -0.39 is 0 Å². The van der Waals surface area contributed by atoms with Crippen molar-refractivity contribution in [1.29, 1.82) is 0 Å². The number of pyridine rings is 1. The van der Waals surface area contributed by atoms with Gasteiger partial charge in [0.25, 0.3) is 0 Å². The van der Waals surface area contributed by atoms with Crippen LogP contribution in [0.15, 0.2) is 36.5 Å². The number of aromatic nitrogens is 1. The number of hydrogen-bond acceptors (Lipinski definition) is 3. The number of benzene rings is 1. The standard InChI is InChI=1S/C15H15NO2/c17-15(12-6-9-18-10-7-12)13-5-1-3-11-4-2-8-16-14(11)13/h1-5,8,12H,6-7,9-10H2. The minimum Gasteiger partial charge on any atom is -0.381 e.